The predicted octanol–water partition coefficient (Wildman–Crippen LogP) is 5.18. The Morgan fingerprint density at radius 3 is 2.73 bits per heavy atom. The average molecular weight is 482 g/mol. The number of amides is 1. The first-order valence-corrected chi connectivity index (χ1v) is 9.48. The van der Waals surface area contributed by atoms with E-state index >= 15 is 0 Å². The van der Waals surface area contributed by atoms with Gasteiger partial charge in [-0.15, -0.1) is 0 Å². The van der Waals surface area contributed by atoms with Crippen molar-refractivity contribution in [3.63, 3.8) is 0 Å². The minimum atomic E-state index is -0.142. The van der Waals surface area contributed by atoms with Crippen molar-refractivity contribution in [3.8, 4) is 0 Å². The number of benzene rings is 2. The van der Waals surface area contributed by atoms with Gasteiger partial charge in [0.15, 0.2) is 0 Å². The maximum absolute atomic E-state index is 12.4. The summed E-state index contributed by atoms with van der Waals surface area (Å²) in [5.74, 6) is 0.654. The molecule has 4 nitrogen and oxygen atoms in total. The first kappa shape index (κ1) is 18.9. The van der Waals surface area contributed by atoms with E-state index in [4.69, 9.17) is 20.8 Å². The summed E-state index contributed by atoms with van der Waals surface area (Å²) in [5, 5.41) is 3.48. The van der Waals surface area contributed by atoms with Crippen molar-refractivity contribution in [1.82, 2.24) is 5.32 Å². The van der Waals surface area contributed by atoms with Crippen LogP contribution in [0.1, 0.15) is 27.2 Å². The van der Waals surface area contributed by atoms with Crippen LogP contribution in [-0.2, 0) is 24.5 Å². The Morgan fingerprint density at radius 2 is 1.92 bits per heavy atom. The van der Waals surface area contributed by atoms with Crippen LogP contribution in [0.4, 0.5) is 0 Å². The molecule has 0 saturated heterocycles. The number of furan rings is 1. The molecule has 26 heavy (non-hydrogen) atoms. The topological polar surface area (TPSA) is 51.5 Å². The summed E-state index contributed by atoms with van der Waals surface area (Å²) in [6.45, 7) is 1.35. The molecule has 3 aromatic rings. The summed E-state index contributed by atoms with van der Waals surface area (Å²) in [6, 6.07) is 16.9. The molecule has 0 radical (unpaired) electrons. The van der Waals surface area contributed by atoms with Gasteiger partial charge >= 0.3 is 0 Å². The van der Waals surface area contributed by atoms with Crippen LogP contribution in [0, 0.1) is 3.57 Å². The van der Waals surface area contributed by atoms with Gasteiger partial charge in [-0.05, 0) is 64.0 Å². The zero-order valence-electron chi connectivity index (χ0n) is 13.9. The third-order valence-electron chi connectivity index (χ3n) is 3.71. The smallest absolute Gasteiger partial charge is 0.252 e. The Hall–Kier alpha value is -1.83. The molecule has 0 aliphatic heterocycles. The molecular weight excluding hydrogens is 465 g/mol. The lowest BCUT2D eigenvalue weighted by molar-refractivity contribution is 0.0928. The fourth-order valence-corrected chi connectivity index (χ4v) is 3.20. The van der Waals surface area contributed by atoms with Gasteiger partial charge in [0.1, 0.15) is 12.4 Å². The highest BCUT2D eigenvalue weighted by Crippen LogP contribution is 2.18. The van der Waals surface area contributed by atoms with Crippen LogP contribution >= 0.6 is 34.2 Å². The van der Waals surface area contributed by atoms with Crippen LogP contribution in [0.25, 0.3) is 0 Å². The Labute approximate surface area is 170 Å². The van der Waals surface area contributed by atoms with Crippen molar-refractivity contribution >= 4 is 40.1 Å². The van der Waals surface area contributed by atoms with Gasteiger partial charge in [0, 0.05) is 15.1 Å². The van der Waals surface area contributed by atoms with E-state index in [-0.39, 0.29) is 5.91 Å². The Balaban J connectivity index is 1.54. The summed E-state index contributed by atoms with van der Waals surface area (Å²) < 4.78 is 11.7. The quantitative estimate of drug-likeness (QED) is 0.473. The number of carbonyl (C=O) groups is 1. The standard InChI is InChI=1S/C20H17ClINO3/c21-16-6-7-19(22)18(10-16)20(24)23-11-14-3-1-4-15(9-14)12-25-13-17-5-2-8-26-17/h1-10H,11-13H2,(H,23,24). The Bertz CT molecular complexity index is 881. The number of rotatable bonds is 7. The average Bonchev–Trinajstić information content (AvgIpc) is 3.15. The van der Waals surface area contributed by atoms with Crippen molar-refractivity contribution < 1.29 is 13.9 Å². The van der Waals surface area contributed by atoms with Crippen molar-refractivity contribution in [1.29, 1.82) is 0 Å². The zero-order valence-corrected chi connectivity index (χ0v) is 16.8. The molecule has 0 aliphatic rings. The van der Waals surface area contributed by atoms with E-state index in [9.17, 15) is 4.79 Å². The predicted molar refractivity (Wildman–Crippen MR) is 109 cm³/mol. The van der Waals surface area contributed by atoms with Crippen molar-refractivity contribution in [2.24, 2.45) is 0 Å². The molecule has 0 aliphatic carbocycles. The SMILES string of the molecule is O=C(NCc1cccc(COCc2ccco2)c1)c1cc(Cl)ccc1I. The first-order valence-electron chi connectivity index (χ1n) is 8.03. The largest absolute Gasteiger partial charge is 0.467 e. The highest BCUT2D eigenvalue weighted by atomic mass is 127. The summed E-state index contributed by atoms with van der Waals surface area (Å²) in [5.41, 5.74) is 2.63. The van der Waals surface area contributed by atoms with Crippen LogP contribution in [0.15, 0.2) is 65.3 Å². The molecule has 0 saturated carbocycles. The molecule has 134 valence electrons. The van der Waals surface area contributed by atoms with Crippen LogP contribution < -0.4 is 5.32 Å². The van der Waals surface area contributed by atoms with Gasteiger partial charge in [0.05, 0.1) is 18.4 Å². The summed E-state index contributed by atoms with van der Waals surface area (Å²) in [4.78, 5) is 12.4. The number of halogens is 2. The second kappa shape index (κ2) is 9.21. The van der Waals surface area contributed by atoms with Crippen molar-refractivity contribution in [3.05, 3.63) is 91.9 Å². The molecule has 1 N–H and O–H groups in total. The zero-order chi connectivity index (χ0) is 18.4. The molecule has 0 unspecified atom stereocenters. The number of nitrogens with one attached hydrogen (secondary N) is 1. The third-order valence-corrected chi connectivity index (χ3v) is 4.89. The van der Waals surface area contributed by atoms with Gasteiger partial charge in [-0.2, -0.15) is 0 Å². The molecule has 0 atom stereocenters. The van der Waals surface area contributed by atoms with Gasteiger partial charge < -0.3 is 14.5 Å². The van der Waals surface area contributed by atoms with Crippen molar-refractivity contribution in [2.45, 2.75) is 19.8 Å². The van der Waals surface area contributed by atoms with Crippen LogP contribution in [0.2, 0.25) is 5.02 Å². The van der Waals surface area contributed by atoms with E-state index in [2.05, 4.69) is 27.9 Å². The number of ether oxygens (including phenoxy) is 1. The lowest BCUT2D eigenvalue weighted by atomic mass is 10.1. The van der Waals surface area contributed by atoms with Gasteiger partial charge in [-0.25, -0.2) is 0 Å². The maximum atomic E-state index is 12.4. The summed E-state index contributed by atoms with van der Waals surface area (Å²) in [7, 11) is 0. The summed E-state index contributed by atoms with van der Waals surface area (Å²) in [6.07, 6.45) is 1.63. The minimum Gasteiger partial charge on any atom is -0.467 e. The molecule has 1 aromatic heterocycles. The van der Waals surface area contributed by atoms with Crippen LogP contribution in [-0.4, -0.2) is 5.91 Å². The highest BCUT2D eigenvalue weighted by molar-refractivity contribution is 14.1. The molecule has 1 heterocycles. The van der Waals surface area contributed by atoms with Gasteiger partial charge in [0.25, 0.3) is 5.91 Å². The highest BCUT2D eigenvalue weighted by Gasteiger charge is 2.10. The van der Waals surface area contributed by atoms with Crippen LogP contribution in [0.3, 0.4) is 0 Å². The second-order valence-corrected chi connectivity index (χ2v) is 7.30. The number of hydrogen-bond donors (Lipinski definition) is 1. The van der Waals surface area contributed by atoms with E-state index in [1.54, 1.807) is 18.4 Å². The normalized spacial score (nSPS) is 10.7. The molecule has 0 fully saturated rings. The Kier molecular flexibility index (Phi) is 6.71. The lowest BCUT2D eigenvalue weighted by Crippen LogP contribution is -2.23. The molecule has 1 amide bonds. The third kappa shape index (κ3) is 5.33. The van der Waals surface area contributed by atoms with E-state index in [1.807, 2.05) is 42.5 Å². The molecular formula is C20H17ClINO3. The van der Waals surface area contributed by atoms with Gasteiger partial charge in [-0.1, -0.05) is 35.9 Å². The van der Waals surface area contributed by atoms with E-state index < -0.39 is 0 Å². The Morgan fingerprint density at radius 1 is 1.08 bits per heavy atom. The van der Waals surface area contributed by atoms with Gasteiger partial charge in [0.2, 0.25) is 0 Å². The summed E-state index contributed by atoms with van der Waals surface area (Å²) >= 11 is 8.11. The number of carbonyl (C=O) groups excluding carboxylic acids is 1. The van der Waals surface area contributed by atoms with E-state index in [0.717, 1.165) is 20.5 Å². The maximum Gasteiger partial charge on any atom is 0.252 e. The van der Waals surface area contributed by atoms with E-state index in [1.165, 1.54) is 0 Å². The fraction of sp³-hybridized carbons (Fsp3) is 0.150. The monoisotopic (exact) mass is 481 g/mol. The van der Waals surface area contributed by atoms with Crippen LogP contribution in [0.5, 0.6) is 0 Å². The molecule has 0 spiro atoms. The number of hydrogen-bond acceptors (Lipinski definition) is 3. The second-order valence-electron chi connectivity index (χ2n) is 5.70. The molecule has 6 heteroatoms. The molecule has 3 rings (SSSR count). The minimum absolute atomic E-state index is 0.142. The fourth-order valence-electron chi connectivity index (χ4n) is 2.44. The van der Waals surface area contributed by atoms with Crippen molar-refractivity contribution in [2.75, 3.05) is 0 Å². The molecule has 0 bridgehead atoms. The van der Waals surface area contributed by atoms with E-state index in [0.29, 0.717) is 30.3 Å². The lowest BCUT2D eigenvalue weighted by Gasteiger charge is -2.09. The van der Waals surface area contributed by atoms with Gasteiger partial charge in [-0.3, -0.25) is 4.79 Å². The molecule has 2 aromatic carbocycles. The first-order chi connectivity index (χ1) is 12.6.